The molecule has 0 saturated heterocycles. The summed E-state index contributed by atoms with van der Waals surface area (Å²) in [6, 6.07) is 8.27. The number of rotatable bonds is 6. The third kappa shape index (κ3) is 4.02. The van der Waals surface area contributed by atoms with Gasteiger partial charge in [-0.2, -0.15) is 0 Å². The molecule has 2 rings (SSSR count). The predicted octanol–water partition coefficient (Wildman–Crippen LogP) is 6.10. The molecule has 1 heterocycles. The molecule has 0 bridgehead atoms. The Labute approximate surface area is 146 Å². The molecule has 0 amide bonds. The highest BCUT2D eigenvalue weighted by atomic mass is 79.9. The smallest absolute Gasteiger partial charge is 0.161 e. The maximum atomic E-state index is 5.69. The van der Waals surface area contributed by atoms with Gasteiger partial charge in [-0.1, -0.05) is 22.0 Å². The van der Waals surface area contributed by atoms with E-state index in [1.54, 1.807) is 11.3 Å². The van der Waals surface area contributed by atoms with Gasteiger partial charge in [0.1, 0.15) is 0 Å². The van der Waals surface area contributed by atoms with E-state index in [-0.39, 0.29) is 4.83 Å². The van der Waals surface area contributed by atoms with Gasteiger partial charge in [0.25, 0.3) is 0 Å². The molecule has 0 spiro atoms. The van der Waals surface area contributed by atoms with Crippen molar-refractivity contribution in [2.24, 2.45) is 0 Å². The molecule has 0 aliphatic heterocycles. The van der Waals surface area contributed by atoms with Gasteiger partial charge in [-0.25, -0.2) is 0 Å². The Morgan fingerprint density at radius 3 is 2.33 bits per heavy atom. The van der Waals surface area contributed by atoms with E-state index >= 15 is 0 Å². The van der Waals surface area contributed by atoms with Crippen molar-refractivity contribution in [3.8, 4) is 11.5 Å². The van der Waals surface area contributed by atoms with Gasteiger partial charge in [0, 0.05) is 14.2 Å². The van der Waals surface area contributed by atoms with Gasteiger partial charge >= 0.3 is 0 Å². The summed E-state index contributed by atoms with van der Waals surface area (Å²) in [6.45, 7) is 7.33. The summed E-state index contributed by atoms with van der Waals surface area (Å²) >= 11 is 9.14. The molecule has 21 heavy (non-hydrogen) atoms. The van der Waals surface area contributed by atoms with E-state index in [0.717, 1.165) is 21.5 Å². The fourth-order valence-electron chi connectivity index (χ4n) is 2.00. The fraction of sp³-hybridized carbons (Fsp3) is 0.375. The maximum absolute atomic E-state index is 5.69. The van der Waals surface area contributed by atoms with Crippen molar-refractivity contribution in [2.45, 2.75) is 25.6 Å². The number of alkyl halides is 1. The zero-order valence-electron chi connectivity index (χ0n) is 12.3. The predicted molar refractivity (Wildman–Crippen MR) is 96.3 cm³/mol. The van der Waals surface area contributed by atoms with E-state index in [2.05, 4.69) is 57.0 Å². The molecule has 0 aliphatic carbocycles. The van der Waals surface area contributed by atoms with Gasteiger partial charge in [0.2, 0.25) is 0 Å². The van der Waals surface area contributed by atoms with Gasteiger partial charge in [-0.3, -0.25) is 0 Å². The highest BCUT2D eigenvalue weighted by molar-refractivity contribution is 9.10. The van der Waals surface area contributed by atoms with E-state index < -0.39 is 0 Å². The molecule has 1 atom stereocenters. The molecule has 0 aliphatic rings. The first-order chi connectivity index (χ1) is 10.1. The Kier molecular flexibility index (Phi) is 6.14. The molecular weight excluding hydrogens is 416 g/mol. The third-order valence-corrected chi connectivity index (χ3v) is 6.51. The van der Waals surface area contributed by atoms with E-state index in [9.17, 15) is 0 Å². The van der Waals surface area contributed by atoms with Crippen molar-refractivity contribution in [3.63, 3.8) is 0 Å². The summed E-state index contributed by atoms with van der Waals surface area (Å²) in [4.78, 5) is 2.71. The molecule has 1 aromatic carbocycles. The third-order valence-electron chi connectivity index (χ3n) is 2.99. The average Bonchev–Trinajstić information content (AvgIpc) is 2.80. The molecular formula is C16H18Br2O2S. The minimum atomic E-state index is 0.155. The lowest BCUT2D eigenvalue weighted by Gasteiger charge is -2.14. The lowest BCUT2D eigenvalue weighted by molar-refractivity contribution is 0.287. The number of hydrogen-bond acceptors (Lipinski definition) is 3. The molecule has 1 aromatic heterocycles. The van der Waals surface area contributed by atoms with Crippen LogP contribution < -0.4 is 9.47 Å². The van der Waals surface area contributed by atoms with E-state index in [4.69, 9.17) is 9.47 Å². The van der Waals surface area contributed by atoms with Crippen LogP contribution in [0.1, 0.15) is 34.0 Å². The van der Waals surface area contributed by atoms with Crippen LogP contribution in [0.25, 0.3) is 0 Å². The van der Waals surface area contributed by atoms with Crippen molar-refractivity contribution in [1.29, 1.82) is 0 Å². The summed E-state index contributed by atoms with van der Waals surface area (Å²) in [7, 11) is 0. The van der Waals surface area contributed by atoms with Crippen LogP contribution in [0, 0.1) is 6.92 Å². The fourth-order valence-corrected chi connectivity index (χ4v) is 4.26. The number of ether oxygens (including phenoxy) is 2. The molecule has 114 valence electrons. The van der Waals surface area contributed by atoms with Crippen molar-refractivity contribution >= 4 is 43.2 Å². The molecule has 1 unspecified atom stereocenters. The molecule has 0 saturated carbocycles. The molecule has 0 fully saturated rings. The van der Waals surface area contributed by atoms with Crippen LogP contribution in [0.15, 0.2) is 28.7 Å². The first kappa shape index (κ1) is 16.8. The van der Waals surface area contributed by atoms with Gasteiger partial charge in [0.05, 0.1) is 18.0 Å². The Bertz CT molecular complexity index is 591. The first-order valence-electron chi connectivity index (χ1n) is 6.86. The minimum absolute atomic E-state index is 0.155. The lowest BCUT2D eigenvalue weighted by atomic mass is 10.1. The zero-order chi connectivity index (χ0) is 15.4. The van der Waals surface area contributed by atoms with E-state index in [0.29, 0.717) is 13.2 Å². The molecule has 0 radical (unpaired) electrons. The van der Waals surface area contributed by atoms with Crippen LogP contribution in [0.4, 0.5) is 0 Å². The normalized spacial score (nSPS) is 12.2. The number of aryl methyl sites for hydroxylation is 1. The Morgan fingerprint density at radius 2 is 1.76 bits per heavy atom. The summed E-state index contributed by atoms with van der Waals surface area (Å²) < 4.78 is 12.5. The average molecular weight is 434 g/mol. The van der Waals surface area contributed by atoms with E-state index in [1.165, 1.54) is 9.75 Å². The topological polar surface area (TPSA) is 18.5 Å². The number of hydrogen-bond donors (Lipinski definition) is 0. The molecule has 0 N–H and O–H groups in total. The van der Waals surface area contributed by atoms with Crippen molar-refractivity contribution in [1.82, 2.24) is 0 Å². The van der Waals surface area contributed by atoms with Crippen LogP contribution in [0.2, 0.25) is 0 Å². The monoisotopic (exact) mass is 432 g/mol. The van der Waals surface area contributed by atoms with E-state index in [1.807, 2.05) is 19.9 Å². The van der Waals surface area contributed by atoms with Gasteiger partial charge in [-0.15, -0.1) is 11.3 Å². The second kappa shape index (κ2) is 7.65. The van der Waals surface area contributed by atoms with Crippen LogP contribution >= 0.6 is 43.2 Å². The second-order valence-corrected chi connectivity index (χ2v) is 7.55. The summed E-state index contributed by atoms with van der Waals surface area (Å²) in [5, 5.41) is 0. The SMILES string of the molecule is CCOc1ccc(C(Br)c2cc(Br)c(C)s2)cc1OCC. The minimum Gasteiger partial charge on any atom is -0.490 e. The Hall–Kier alpha value is -0.520. The quantitative estimate of drug-likeness (QED) is 0.512. The van der Waals surface area contributed by atoms with Crippen LogP contribution in [0.5, 0.6) is 11.5 Å². The standard InChI is InChI=1S/C16H18Br2O2S/c1-4-19-13-7-6-11(8-14(13)20-5-2)16(18)15-9-12(17)10(3)21-15/h6-9,16H,4-5H2,1-3H3. The van der Waals surface area contributed by atoms with Crippen LogP contribution in [-0.4, -0.2) is 13.2 Å². The van der Waals surface area contributed by atoms with Gasteiger partial charge < -0.3 is 9.47 Å². The zero-order valence-corrected chi connectivity index (χ0v) is 16.3. The Morgan fingerprint density at radius 1 is 1.10 bits per heavy atom. The van der Waals surface area contributed by atoms with Gasteiger partial charge in [0.15, 0.2) is 11.5 Å². The molecule has 2 nitrogen and oxygen atoms in total. The van der Waals surface area contributed by atoms with Crippen molar-refractivity contribution in [2.75, 3.05) is 13.2 Å². The largest absolute Gasteiger partial charge is 0.490 e. The first-order valence-corrected chi connectivity index (χ1v) is 9.38. The Balaban J connectivity index is 2.32. The maximum Gasteiger partial charge on any atom is 0.161 e. The van der Waals surface area contributed by atoms with Crippen LogP contribution in [0.3, 0.4) is 0 Å². The number of thiophene rings is 1. The summed E-state index contributed by atoms with van der Waals surface area (Å²) in [5.74, 6) is 1.60. The van der Waals surface area contributed by atoms with Crippen LogP contribution in [-0.2, 0) is 0 Å². The highest BCUT2D eigenvalue weighted by Gasteiger charge is 2.17. The lowest BCUT2D eigenvalue weighted by Crippen LogP contribution is -2.00. The van der Waals surface area contributed by atoms with Crippen molar-refractivity contribution in [3.05, 3.63) is 44.1 Å². The summed E-state index contributed by atoms with van der Waals surface area (Å²) in [6.07, 6.45) is 0. The second-order valence-electron chi connectivity index (χ2n) is 4.49. The van der Waals surface area contributed by atoms with Gasteiger partial charge in [-0.05, 0) is 60.5 Å². The summed E-state index contributed by atoms with van der Waals surface area (Å²) in [5.41, 5.74) is 1.16. The number of benzene rings is 1. The van der Waals surface area contributed by atoms with Crippen molar-refractivity contribution < 1.29 is 9.47 Å². The number of halogens is 2. The molecule has 5 heteroatoms. The molecule has 2 aromatic rings. The highest BCUT2D eigenvalue weighted by Crippen LogP contribution is 2.41.